The topological polar surface area (TPSA) is 135 Å². The summed E-state index contributed by atoms with van der Waals surface area (Å²) in [6, 6.07) is 4.42. The van der Waals surface area contributed by atoms with E-state index in [1.165, 1.54) is 25.4 Å². The molecule has 2 unspecified atom stereocenters. The number of hydrogen-bond donors (Lipinski definition) is 2. The summed E-state index contributed by atoms with van der Waals surface area (Å²) in [5, 5.41) is 3.60. The van der Waals surface area contributed by atoms with Gasteiger partial charge in [-0.1, -0.05) is 11.6 Å². The molecule has 0 saturated carbocycles. The minimum Gasteiger partial charge on any atom is -0.768 e. The third-order valence-electron chi connectivity index (χ3n) is 5.65. The number of aromatic nitrogens is 2. The van der Waals surface area contributed by atoms with E-state index in [2.05, 4.69) is 15.3 Å². The second-order valence-electron chi connectivity index (χ2n) is 7.49. The van der Waals surface area contributed by atoms with Crippen LogP contribution >= 0.6 is 11.6 Å². The van der Waals surface area contributed by atoms with Gasteiger partial charge < -0.3 is 24.9 Å². The molecule has 33 heavy (non-hydrogen) atoms. The predicted octanol–water partition coefficient (Wildman–Crippen LogP) is 2.82. The van der Waals surface area contributed by atoms with Gasteiger partial charge in [0.05, 0.1) is 13.2 Å². The number of rotatable bonds is 5. The van der Waals surface area contributed by atoms with Gasteiger partial charge in [0.1, 0.15) is 29.6 Å². The molecule has 1 aliphatic heterocycles. The molecule has 3 aromatic rings. The highest BCUT2D eigenvalue weighted by Crippen LogP contribution is 2.43. The van der Waals surface area contributed by atoms with Crippen LogP contribution in [-0.2, 0) is 11.1 Å². The van der Waals surface area contributed by atoms with Crippen LogP contribution in [0.15, 0.2) is 51.5 Å². The third-order valence-corrected chi connectivity index (χ3v) is 6.65. The van der Waals surface area contributed by atoms with Crippen molar-refractivity contribution in [1.82, 2.24) is 9.55 Å². The average Bonchev–Trinajstić information content (AvgIpc) is 2.80. The van der Waals surface area contributed by atoms with Gasteiger partial charge in [-0.15, -0.1) is 0 Å². The third kappa shape index (κ3) is 4.01. The number of ether oxygens (including phenoxy) is 1. The van der Waals surface area contributed by atoms with Crippen LogP contribution in [0.2, 0.25) is 5.02 Å². The lowest BCUT2D eigenvalue weighted by molar-refractivity contribution is 0.405. The number of benzene rings is 1. The van der Waals surface area contributed by atoms with Crippen LogP contribution < -0.4 is 21.2 Å². The van der Waals surface area contributed by atoms with Crippen LogP contribution in [0.5, 0.6) is 5.75 Å². The van der Waals surface area contributed by atoms with E-state index >= 15 is 0 Å². The van der Waals surface area contributed by atoms with Crippen molar-refractivity contribution in [3.8, 4) is 16.9 Å². The number of pyridine rings is 2. The number of nitrogens with two attached hydrogens (primary N) is 1. The van der Waals surface area contributed by atoms with Crippen molar-refractivity contribution in [2.45, 2.75) is 24.8 Å². The number of fused-ring (bicyclic) bond motifs is 1. The molecule has 2 aromatic heterocycles. The lowest BCUT2D eigenvalue weighted by Crippen LogP contribution is -2.32. The summed E-state index contributed by atoms with van der Waals surface area (Å²) in [6.07, 6.45) is 4.51. The number of nitrogens with one attached hydrogen (secondary N) is 1. The quantitative estimate of drug-likeness (QED) is 0.529. The predicted molar refractivity (Wildman–Crippen MR) is 127 cm³/mol. The summed E-state index contributed by atoms with van der Waals surface area (Å²) in [7, 11) is 1.54. The van der Waals surface area contributed by atoms with Crippen molar-refractivity contribution in [3.63, 3.8) is 0 Å². The average molecular weight is 487 g/mol. The molecule has 0 fully saturated rings. The Morgan fingerprint density at radius 2 is 2.09 bits per heavy atom. The zero-order chi connectivity index (χ0) is 23.9. The van der Waals surface area contributed by atoms with E-state index in [4.69, 9.17) is 22.1 Å². The highest BCUT2D eigenvalue weighted by molar-refractivity contribution is 7.79. The number of amidine groups is 1. The molecular formula is C22H21ClN5O4S-. The van der Waals surface area contributed by atoms with Crippen LogP contribution in [0.4, 0.5) is 5.82 Å². The van der Waals surface area contributed by atoms with Gasteiger partial charge in [-0.25, -0.2) is 4.99 Å². The van der Waals surface area contributed by atoms with E-state index < -0.39 is 11.1 Å². The first-order valence-electron chi connectivity index (χ1n) is 9.95. The standard InChI is InChI=1S/C22H22ClN5O4S/c1-11-16(23)7-15(20(32-3)18(11)13-6-14(33(30)31)9-25-8-13)12(2)28-5-4-17(29)19-21(24)26-10-27-22(19)28/h4-9,12,27H,10H2,1-3H3,(H2,24,26)(H,30,31)/p-1. The molecule has 0 spiro atoms. The van der Waals surface area contributed by atoms with Gasteiger partial charge in [0, 0.05) is 51.3 Å². The normalized spacial score (nSPS) is 14.6. The lowest BCUT2D eigenvalue weighted by Gasteiger charge is -2.28. The molecule has 3 N–H and O–H groups in total. The molecule has 3 heterocycles. The summed E-state index contributed by atoms with van der Waals surface area (Å²) in [6.45, 7) is 4.01. The molecular weight excluding hydrogens is 466 g/mol. The van der Waals surface area contributed by atoms with Gasteiger partial charge in [-0.05, 0) is 42.6 Å². The van der Waals surface area contributed by atoms with E-state index in [0.29, 0.717) is 33.3 Å². The Morgan fingerprint density at radius 1 is 1.33 bits per heavy atom. The highest BCUT2D eigenvalue weighted by Gasteiger charge is 2.25. The van der Waals surface area contributed by atoms with Crippen molar-refractivity contribution in [2.75, 3.05) is 19.1 Å². The molecule has 2 atom stereocenters. The van der Waals surface area contributed by atoms with Crippen LogP contribution in [0.25, 0.3) is 11.1 Å². The first-order valence-corrected chi connectivity index (χ1v) is 11.4. The molecule has 0 saturated heterocycles. The van der Waals surface area contributed by atoms with E-state index in [0.717, 1.165) is 11.1 Å². The smallest absolute Gasteiger partial charge is 0.194 e. The number of nitrogens with zero attached hydrogens (tertiary/aromatic N) is 3. The molecule has 1 aromatic carbocycles. The first-order chi connectivity index (χ1) is 15.7. The van der Waals surface area contributed by atoms with Crippen molar-refractivity contribution in [3.05, 3.63) is 68.7 Å². The van der Waals surface area contributed by atoms with E-state index in [1.807, 2.05) is 18.4 Å². The Bertz CT molecular complexity index is 1370. The van der Waals surface area contributed by atoms with Crippen LogP contribution in [0.3, 0.4) is 0 Å². The Labute approximate surface area is 197 Å². The van der Waals surface area contributed by atoms with E-state index in [1.54, 1.807) is 18.5 Å². The number of hydrogen-bond acceptors (Lipinski definition) is 8. The number of methoxy groups -OCH3 is 1. The summed E-state index contributed by atoms with van der Waals surface area (Å²) < 4.78 is 30.7. The summed E-state index contributed by atoms with van der Waals surface area (Å²) in [4.78, 5) is 20.6. The fraction of sp³-hybridized carbons (Fsp3) is 0.227. The minimum absolute atomic E-state index is 0.0527. The molecule has 0 radical (unpaired) electrons. The first kappa shape index (κ1) is 23.0. The Balaban J connectivity index is 1.95. The second kappa shape index (κ2) is 8.97. The largest absolute Gasteiger partial charge is 0.768 e. The van der Waals surface area contributed by atoms with Crippen molar-refractivity contribution >= 4 is 34.3 Å². The SMILES string of the molecule is COc1c(C(C)n2ccc(=O)c3c2NCN=C3N)cc(Cl)c(C)c1-c1cncc(S(=O)[O-])c1. The zero-order valence-corrected chi connectivity index (χ0v) is 19.7. The molecule has 0 aliphatic carbocycles. The van der Waals surface area contributed by atoms with E-state index in [9.17, 15) is 13.6 Å². The van der Waals surface area contributed by atoms with Gasteiger partial charge in [0.2, 0.25) is 0 Å². The molecule has 9 nitrogen and oxygen atoms in total. The Hall–Kier alpha value is -3.21. The molecule has 172 valence electrons. The lowest BCUT2D eigenvalue weighted by atomic mass is 9.94. The van der Waals surface area contributed by atoms with Gasteiger partial charge >= 0.3 is 0 Å². The van der Waals surface area contributed by atoms with Crippen molar-refractivity contribution in [2.24, 2.45) is 10.7 Å². The monoisotopic (exact) mass is 486 g/mol. The summed E-state index contributed by atoms with van der Waals surface area (Å²) in [5.74, 6) is 1.25. The Kier molecular flexibility index (Phi) is 6.24. The number of aliphatic imine (C=N–C) groups is 1. The highest BCUT2D eigenvalue weighted by atomic mass is 35.5. The Morgan fingerprint density at radius 3 is 2.79 bits per heavy atom. The van der Waals surface area contributed by atoms with Gasteiger partial charge in [0.25, 0.3) is 0 Å². The van der Waals surface area contributed by atoms with Crippen LogP contribution in [-0.4, -0.2) is 37.9 Å². The van der Waals surface area contributed by atoms with Crippen LogP contribution in [0.1, 0.15) is 29.7 Å². The minimum atomic E-state index is -2.44. The van der Waals surface area contributed by atoms with Crippen molar-refractivity contribution < 1.29 is 13.5 Å². The molecule has 0 amide bonds. The molecule has 1 aliphatic rings. The maximum Gasteiger partial charge on any atom is 0.194 e. The summed E-state index contributed by atoms with van der Waals surface area (Å²) >= 11 is 4.18. The number of anilines is 1. The fourth-order valence-corrected chi connectivity index (χ4v) is 4.58. The van der Waals surface area contributed by atoms with Gasteiger partial charge in [-0.2, -0.15) is 0 Å². The maximum absolute atomic E-state index is 12.4. The van der Waals surface area contributed by atoms with E-state index in [-0.39, 0.29) is 28.9 Å². The summed E-state index contributed by atoms with van der Waals surface area (Å²) in [5.41, 5.74) is 8.70. The fourth-order valence-electron chi connectivity index (χ4n) is 4.00. The van der Waals surface area contributed by atoms with Gasteiger partial charge in [-0.3, -0.25) is 14.0 Å². The zero-order valence-electron chi connectivity index (χ0n) is 18.1. The van der Waals surface area contributed by atoms with Crippen molar-refractivity contribution in [1.29, 1.82) is 0 Å². The maximum atomic E-state index is 12.4. The number of halogens is 1. The molecule has 11 heteroatoms. The molecule has 4 rings (SSSR count). The second-order valence-corrected chi connectivity index (χ2v) is 8.84. The van der Waals surface area contributed by atoms with Gasteiger partial charge in [0.15, 0.2) is 5.43 Å². The van der Waals surface area contributed by atoms with Crippen LogP contribution in [0, 0.1) is 6.92 Å². The molecule has 0 bridgehead atoms.